The lowest BCUT2D eigenvalue weighted by atomic mass is 10.0. The van der Waals surface area contributed by atoms with Crippen molar-refractivity contribution in [1.82, 2.24) is 10.2 Å². The first-order valence-corrected chi connectivity index (χ1v) is 13.0. The third-order valence-corrected chi connectivity index (χ3v) is 6.63. The van der Waals surface area contributed by atoms with Crippen LogP contribution in [0.4, 0.5) is 5.69 Å². The van der Waals surface area contributed by atoms with Crippen molar-refractivity contribution in [3.63, 3.8) is 0 Å². The molecule has 0 fully saturated rings. The van der Waals surface area contributed by atoms with Gasteiger partial charge in [-0.05, 0) is 30.2 Å². The molecule has 1 N–H and O–H groups in total. The number of carbonyl (C=O) groups excluding carboxylic acids is 2. The molecule has 39 heavy (non-hydrogen) atoms. The number of halogens is 2. The van der Waals surface area contributed by atoms with E-state index in [1.807, 2.05) is 37.3 Å². The molecule has 206 valence electrons. The molecule has 2 amide bonds. The maximum Gasteiger partial charge on any atom is 0.311 e. The lowest BCUT2D eigenvalue weighted by Crippen LogP contribution is -2.51. The van der Waals surface area contributed by atoms with Crippen LogP contribution in [-0.2, 0) is 22.6 Å². The van der Waals surface area contributed by atoms with Gasteiger partial charge in [-0.25, -0.2) is 0 Å². The molecule has 0 bridgehead atoms. The second-order valence-corrected chi connectivity index (χ2v) is 9.41. The third-order valence-electron chi connectivity index (χ3n) is 5.92. The SMILES string of the molecule is CCCNC(=O)[C@@H](Cc1ccccc1)N(Cc1c(Cl)cccc1Cl)C(=O)COc1ccc([N+](=O)[O-])c(OC)c1. The fourth-order valence-corrected chi connectivity index (χ4v) is 4.42. The summed E-state index contributed by atoms with van der Waals surface area (Å²) in [6.07, 6.45) is 0.967. The van der Waals surface area contributed by atoms with E-state index in [0.717, 1.165) is 12.0 Å². The molecule has 0 aliphatic rings. The molecule has 0 radical (unpaired) electrons. The molecule has 3 rings (SSSR count). The van der Waals surface area contributed by atoms with E-state index >= 15 is 0 Å². The van der Waals surface area contributed by atoms with Gasteiger partial charge in [0.05, 0.1) is 12.0 Å². The molecule has 11 heteroatoms. The number of ether oxygens (including phenoxy) is 2. The summed E-state index contributed by atoms with van der Waals surface area (Å²) < 4.78 is 10.8. The number of nitrogens with one attached hydrogen (secondary N) is 1. The van der Waals surface area contributed by atoms with Crippen LogP contribution in [0.5, 0.6) is 11.5 Å². The van der Waals surface area contributed by atoms with Gasteiger partial charge >= 0.3 is 5.69 Å². The minimum absolute atomic E-state index is 0.00875. The molecule has 0 aliphatic heterocycles. The highest BCUT2D eigenvalue weighted by Crippen LogP contribution is 2.31. The number of amides is 2. The Hall–Kier alpha value is -3.82. The van der Waals surface area contributed by atoms with Crippen molar-refractivity contribution >= 4 is 40.7 Å². The fourth-order valence-electron chi connectivity index (χ4n) is 3.90. The van der Waals surface area contributed by atoms with Gasteiger partial charge in [-0.15, -0.1) is 0 Å². The largest absolute Gasteiger partial charge is 0.490 e. The summed E-state index contributed by atoms with van der Waals surface area (Å²) in [5.41, 5.74) is 1.12. The average Bonchev–Trinajstić information content (AvgIpc) is 2.93. The highest BCUT2D eigenvalue weighted by molar-refractivity contribution is 6.36. The van der Waals surface area contributed by atoms with Crippen molar-refractivity contribution in [2.45, 2.75) is 32.4 Å². The molecule has 0 heterocycles. The number of nitro groups is 1. The monoisotopic (exact) mass is 573 g/mol. The van der Waals surface area contributed by atoms with Crippen molar-refractivity contribution in [3.8, 4) is 11.5 Å². The molecule has 9 nitrogen and oxygen atoms in total. The molecular weight excluding hydrogens is 545 g/mol. The van der Waals surface area contributed by atoms with Gasteiger partial charge in [-0.2, -0.15) is 0 Å². The van der Waals surface area contributed by atoms with Crippen LogP contribution in [0.25, 0.3) is 0 Å². The quantitative estimate of drug-likeness (QED) is 0.215. The van der Waals surface area contributed by atoms with Crippen molar-refractivity contribution in [3.05, 3.63) is 98.0 Å². The number of nitro benzene ring substituents is 1. The van der Waals surface area contributed by atoms with E-state index in [1.54, 1.807) is 18.2 Å². The van der Waals surface area contributed by atoms with Gasteiger partial charge in [0, 0.05) is 47.3 Å². The Morgan fingerprint density at radius 3 is 2.36 bits per heavy atom. The normalized spacial score (nSPS) is 11.4. The zero-order valence-corrected chi connectivity index (χ0v) is 23.1. The number of nitrogens with zero attached hydrogens (tertiary/aromatic N) is 2. The Kier molecular flexibility index (Phi) is 11.0. The number of carbonyl (C=O) groups is 2. The van der Waals surface area contributed by atoms with Crippen LogP contribution in [0.3, 0.4) is 0 Å². The van der Waals surface area contributed by atoms with Crippen molar-refractivity contribution in [2.75, 3.05) is 20.3 Å². The standard InChI is InChI=1S/C28H29Cl2N3O6/c1-3-14-31-28(35)25(15-19-8-5-4-6-9-19)32(17-21-22(29)10-7-11-23(21)30)27(34)18-39-20-12-13-24(33(36)37)26(16-20)38-2/h4-13,16,25H,3,14-15,17-18H2,1-2H3,(H,31,35)/t25-/m1/s1. The molecular formula is C28H29Cl2N3O6. The molecule has 0 spiro atoms. The maximum atomic E-state index is 13.7. The van der Waals surface area contributed by atoms with Crippen LogP contribution in [0.15, 0.2) is 66.7 Å². The van der Waals surface area contributed by atoms with E-state index in [2.05, 4.69) is 5.32 Å². The summed E-state index contributed by atoms with van der Waals surface area (Å²) >= 11 is 12.9. The zero-order valence-electron chi connectivity index (χ0n) is 21.6. The third kappa shape index (κ3) is 8.08. The van der Waals surface area contributed by atoms with Crippen LogP contribution in [0, 0.1) is 10.1 Å². The highest BCUT2D eigenvalue weighted by atomic mass is 35.5. The smallest absolute Gasteiger partial charge is 0.311 e. The topological polar surface area (TPSA) is 111 Å². The number of benzene rings is 3. The maximum absolute atomic E-state index is 13.7. The Morgan fingerprint density at radius 1 is 1.05 bits per heavy atom. The Balaban J connectivity index is 1.95. The number of hydrogen-bond donors (Lipinski definition) is 1. The van der Waals surface area contributed by atoms with E-state index < -0.39 is 23.5 Å². The predicted molar refractivity (Wildman–Crippen MR) is 149 cm³/mol. The molecule has 0 saturated heterocycles. The van der Waals surface area contributed by atoms with Gasteiger partial charge in [0.2, 0.25) is 11.7 Å². The lowest BCUT2D eigenvalue weighted by molar-refractivity contribution is -0.385. The molecule has 1 atom stereocenters. The molecule has 0 unspecified atom stereocenters. The second-order valence-electron chi connectivity index (χ2n) is 8.60. The summed E-state index contributed by atoms with van der Waals surface area (Å²) in [6.45, 7) is 1.89. The Bertz CT molecular complexity index is 1290. The van der Waals surface area contributed by atoms with Crippen LogP contribution in [0.2, 0.25) is 10.0 Å². The van der Waals surface area contributed by atoms with Crippen molar-refractivity contribution in [1.29, 1.82) is 0 Å². The summed E-state index contributed by atoms with van der Waals surface area (Å²) in [4.78, 5) is 39.1. The van der Waals surface area contributed by atoms with Gasteiger partial charge in [0.15, 0.2) is 6.61 Å². The highest BCUT2D eigenvalue weighted by Gasteiger charge is 2.31. The van der Waals surface area contributed by atoms with E-state index in [4.69, 9.17) is 32.7 Å². The Labute approximate surface area is 236 Å². The Morgan fingerprint density at radius 2 is 1.74 bits per heavy atom. The van der Waals surface area contributed by atoms with Crippen molar-refractivity contribution in [2.24, 2.45) is 0 Å². The van der Waals surface area contributed by atoms with Crippen LogP contribution >= 0.6 is 23.2 Å². The number of hydrogen-bond acceptors (Lipinski definition) is 6. The zero-order chi connectivity index (χ0) is 28.4. The number of rotatable bonds is 13. The van der Waals surface area contributed by atoms with E-state index in [0.29, 0.717) is 22.2 Å². The van der Waals surface area contributed by atoms with Crippen molar-refractivity contribution < 1.29 is 24.0 Å². The fraction of sp³-hybridized carbons (Fsp3) is 0.286. The first-order chi connectivity index (χ1) is 18.7. The molecule has 0 aliphatic carbocycles. The van der Waals surface area contributed by atoms with Gasteiger partial charge in [0.25, 0.3) is 5.91 Å². The van der Waals surface area contributed by atoms with Crippen LogP contribution in [-0.4, -0.2) is 47.9 Å². The van der Waals surface area contributed by atoms with Gasteiger partial charge in [0.1, 0.15) is 11.8 Å². The molecule has 3 aromatic rings. The number of methoxy groups -OCH3 is 1. The molecule has 0 saturated carbocycles. The molecule has 3 aromatic carbocycles. The second kappa shape index (κ2) is 14.4. The summed E-state index contributed by atoms with van der Waals surface area (Å²) in [5.74, 6) is -0.646. The van der Waals surface area contributed by atoms with E-state index in [1.165, 1.54) is 30.2 Å². The summed E-state index contributed by atoms with van der Waals surface area (Å²) in [5, 5.41) is 14.8. The van der Waals surface area contributed by atoms with Crippen LogP contribution < -0.4 is 14.8 Å². The summed E-state index contributed by atoms with van der Waals surface area (Å²) in [6, 6.07) is 17.4. The van der Waals surface area contributed by atoms with Gasteiger partial charge in [-0.1, -0.05) is 66.5 Å². The van der Waals surface area contributed by atoms with Gasteiger partial charge in [-0.3, -0.25) is 19.7 Å². The average molecular weight is 574 g/mol. The minimum Gasteiger partial charge on any atom is -0.490 e. The lowest BCUT2D eigenvalue weighted by Gasteiger charge is -2.32. The van der Waals surface area contributed by atoms with E-state index in [-0.39, 0.29) is 36.1 Å². The first kappa shape index (κ1) is 29.7. The predicted octanol–water partition coefficient (Wildman–Crippen LogP) is 5.46. The molecule has 0 aromatic heterocycles. The van der Waals surface area contributed by atoms with Gasteiger partial charge < -0.3 is 19.7 Å². The first-order valence-electron chi connectivity index (χ1n) is 12.2. The van der Waals surface area contributed by atoms with Crippen LogP contribution in [0.1, 0.15) is 24.5 Å². The summed E-state index contributed by atoms with van der Waals surface area (Å²) in [7, 11) is 1.30. The minimum atomic E-state index is -0.895. The van der Waals surface area contributed by atoms with E-state index in [9.17, 15) is 19.7 Å².